The third-order valence-electron chi connectivity index (χ3n) is 7.24. The van der Waals surface area contributed by atoms with E-state index >= 15 is 0 Å². The predicted molar refractivity (Wildman–Crippen MR) is 144 cm³/mol. The Balaban J connectivity index is 1.23. The Kier molecular flexibility index (Phi) is 6.53. The van der Waals surface area contributed by atoms with Crippen molar-refractivity contribution in [1.29, 1.82) is 0 Å². The van der Waals surface area contributed by atoms with Crippen molar-refractivity contribution in [2.45, 2.75) is 50.8 Å². The molecule has 10 nitrogen and oxygen atoms in total. The number of pyridine rings is 1. The number of carbonyl (C=O) groups is 1. The van der Waals surface area contributed by atoms with Crippen molar-refractivity contribution in [3.05, 3.63) is 54.5 Å². The number of carbonyl (C=O) groups excluding carboxylic acids is 1. The number of nitrogens with zero attached hydrogens (tertiary/aromatic N) is 5. The summed E-state index contributed by atoms with van der Waals surface area (Å²) >= 11 is 0. The van der Waals surface area contributed by atoms with E-state index in [9.17, 15) is 18.0 Å². The summed E-state index contributed by atoms with van der Waals surface area (Å²) in [7, 11) is 0. The average molecular weight is 571 g/mol. The minimum atomic E-state index is -4.50. The fraction of sp³-hybridized carbons (Fsp3) is 0.429. The number of aromatic nitrogens is 3. The zero-order valence-corrected chi connectivity index (χ0v) is 22.7. The molecule has 13 heteroatoms. The molecule has 216 valence electrons. The summed E-state index contributed by atoms with van der Waals surface area (Å²) in [5.74, 6) is 0.185. The van der Waals surface area contributed by atoms with Crippen LogP contribution in [0.25, 0.3) is 11.4 Å². The molecule has 3 aliphatic heterocycles. The lowest BCUT2D eigenvalue weighted by atomic mass is 10.1. The molecular formula is C28H29F3N6O4. The van der Waals surface area contributed by atoms with Gasteiger partial charge in [0, 0.05) is 24.7 Å². The highest BCUT2D eigenvalue weighted by molar-refractivity contribution is 6.04. The quantitative estimate of drug-likeness (QED) is 0.452. The van der Waals surface area contributed by atoms with Gasteiger partial charge < -0.3 is 24.4 Å². The molecule has 1 N–H and O–H groups in total. The third kappa shape index (κ3) is 5.51. The Morgan fingerprint density at radius 3 is 2.78 bits per heavy atom. The molecule has 0 unspecified atom stereocenters. The van der Waals surface area contributed by atoms with Crippen LogP contribution in [0.3, 0.4) is 0 Å². The number of fused-ring (bicyclic) bond motifs is 4. The summed E-state index contributed by atoms with van der Waals surface area (Å²) in [6.07, 6.45) is 0.817. The predicted octanol–water partition coefficient (Wildman–Crippen LogP) is 5.11. The highest BCUT2D eigenvalue weighted by atomic mass is 19.4. The summed E-state index contributed by atoms with van der Waals surface area (Å²) in [5.41, 5.74) is -0.163. The van der Waals surface area contributed by atoms with Crippen LogP contribution in [0, 0.1) is 0 Å². The fourth-order valence-electron chi connectivity index (χ4n) is 5.38. The van der Waals surface area contributed by atoms with Gasteiger partial charge in [-0.25, -0.2) is 14.8 Å². The molecule has 41 heavy (non-hydrogen) atoms. The zero-order chi connectivity index (χ0) is 29.0. The molecule has 2 bridgehead atoms. The zero-order valence-electron chi connectivity index (χ0n) is 22.7. The molecule has 3 aliphatic rings. The highest BCUT2D eigenvalue weighted by Crippen LogP contribution is 2.40. The first kappa shape index (κ1) is 27.2. The number of rotatable bonds is 5. The lowest BCUT2D eigenvalue weighted by Crippen LogP contribution is -2.48. The second kappa shape index (κ2) is 9.84. The Morgan fingerprint density at radius 1 is 1.20 bits per heavy atom. The van der Waals surface area contributed by atoms with E-state index in [1.165, 1.54) is 18.3 Å². The lowest BCUT2D eigenvalue weighted by molar-refractivity contribution is -0.162. The van der Waals surface area contributed by atoms with E-state index in [0.29, 0.717) is 49.1 Å². The molecule has 2 atom stereocenters. The van der Waals surface area contributed by atoms with E-state index in [1.54, 1.807) is 23.4 Å². The van der Waals surface area contributed by atoms with Gasteiger partial charge in [0.25, 0.3) is 0 Å². The molecule has 2 amide bonds. The Labute approximate surface area is 234 Å². The topological polar surface area (TPSA) is 102 Å². The largest absolute Gasteiger partial charge is 0.489 e. The van der Waals surface area contributed by atoms with Crippen LogP contribution >= 0.6 is 0 Å². The van der Waals surface area contributed by atoms with Crippen molar-refractivity contribution in [2.24, 2.45) is 0 Å². The van der Waals surface area contributed by atoms with Gasteiger partial charge in [-0.2, -0.15) is 13.2 Å². The summed E-state index contributed by atoms with van der Waals surface area (Å²) in [6, 6.07) is 5.89. The maximum atomic E-state index is 13.6. The van der Waals surface area contributed by atoms with Gasteiger partial charge in [0.15, 0.2) is 17.4 Å². The van der Waals surface area contributed by atoms with Gasteiger partial charge in [0.1, 0.15) is 18.0 Å². The molecule has 0 spiro atoms. The van der Waals surface area contributed by atoms with E-state index in [-0.39, 0.29) is 24.0 Å². The Bertz CT molecular complexity index is 1490. The van der Waals surface area contributed by atoms with Gasteiger partial charge in [-0.1, -0.05) is 12.1 Å². The number of alkyl halides is 3. The lowest BCUT2D eigenvalue weighted by Gasteiger charge is -2.35. The molecule has 2 saturated heterocycles. The number of nitrogens with one attached hydrogen (secondary N) is 1. The summed E-state index contributed by atoms with van der Waals surface area (Å²) in [6.45, 7) is 7.49. The van der Waals surface area contributed by atoms with Gasteiger partial charge in [0.2, 0.25) is 0 Å². The van der Waals surface area contributed by atoms with Gasteiger partial charge in [-0.15, -0.1) is 0 Å². The second-order valence-corrected chi connectivity index (χ2v) is 11.1. The van der Waals surface area contributed by atoms with Crippen molar-refractivity contribution < 1.29 is 32.2 Å². The first-order valence-corrected chi connectivity index (χ1v) is 13.2. The van der Waals surface area contributed by atoms with Gasteiger partial charge >= 0.3 is 12.2 Å². The number of halogens is 3. The van der Waals surface area contributed by atoms with Crippen molar-refractivity contribution in [3.8, 4) is 17.1 Å². The molecular weight excluding hydrogens is 541 g/mol. The minimum Gasteiger partial charge on any atom is -0.489 e. The molecule has 0 saturated carbocycles. The molecule has 3 aromatic rings. The molecule has 6 rings (SSSR count). The standard InChI is InChI=1S/C28H29F3N6O4/c1-26(2)40-16-27(3,41-26)15-39-21-10-19(11-32-12-21)34-25(38)37-20-7-8-36(14-20)22-13-33-23(35-24(22)37)17-5-4-6-18(9-17)28(29,30)31/h4-6,9-13,20H,7-8,14-16H2,1-3H3,(H,34,38)/t20-,27-/m0/s1. The van der Waals surface area contributed by atoms with Crippen LogP contribution in [-0.2, 0) is 15.7 Å². The number of hydrogen-bond donors (Lipinski definition) is 1. The smallest absolute Gasteiger partial charge is 0.416 e. The van der Waals surface area contributed by atoms with Crippen molar-refractivity contribution in [3.63, 3.8) is 0 Å². The van der Waals surface area contributed by atoms with Gasteiger partial charge in [-0.05, 0) is 39.3 Å². The third-order valence-corrected chi connectivity index (χ3v) is 7.24. The first-order chi connectivity index (χ1) is 19.4. The van der Waals surface area contributed by atoms with Crippen molar-refractivity contribution in [2.75, 3.05) is 41.4 Å². The molecule has 0 radical (unpaired) electrons. The van der Waals surface area contributed by atoms with Crippen LogP contribution in [0.1, 0.15) is 32.8 Å². The van der Waals surface area contributed by atoms with Gasteiger partial charge in [-0.3, -0.25) is 9.88 Å². The van der Waals surface area contributed by atoms with Crippen LogP contribution in [0.15, 0.2) is 48.9 Å². The first-order valence-electron chi connectivity index (χ1n) is 13.2. The van der Waals surface area contributed by atoms with Crippen LogP contribution < -0.4 is 19.9 Å². The minimum absolute atomic E-state index is 0.0991. The SMILES string of the molecule is CC1(C)OC[C@](C)(COc2cncc(NC(=O)N3c4nc(-c5cccc(C(F)(F)F)c5)ncc4N4CC[C@H]3C4)c2)O1. The van der Waals surface area contributed by atoms with Crippen LogP contribution in [0.5, 0.6) is 5.75 Å². The number of benzene rings is 1. The number of urea groups is 1. The van der Waals surface area contributed by atoms with E-state index in [0.717, 1.165) is 12.1 Å². The maximum absolute atomic E-state index is 13.6. The second-order valence-electron chi connectivity index (χ2n) is 11.1. The van der Waals surface area contributed by atoms with E-state index in [1.807, 2.05) is 20.8 Å². The molecule has 0 aliphatic carbocycles. The van der Waals surface area contributed by atoms with E-state index < -0.39 is 29.2 Å². The van der Waals surface area contributed by atoms with E-state index in [2.05, 4.69) is 25.2 Å². The maximum Gasteiger partial charge on any atom is 0.416 e. The molecule has 2 fully saturated rings. The molecule has 2 aromatic heterocycles. The average Bonchev–Trinajstić information content (AvgIpc) is 3.47. The Hall–Kier alpha value is -3.97. The van der Waals surface area contributed by atoms with Gasteiger partial charge in [0.05, 0.1) is 48.2 Å². The summed E-state index contributed by atoms with van der Waals surface area (Å²) in [4.78, 5) is 30.4. The number of hydrogen-bond acceptors (Lipinski definition) is 8. The summed E-state index contributed by atoms with van der Waals surface area (Å²) in [5, 5.41) is 2.88. The normalized spacial score (nSPS) is 22.9. The van der Waals surface area contributed by atoms with Crippen LogP contribution in [-0.4, -0.2) is 64.7 Å². The monoisotopic (exact) mass is 570 g/mol. The fourth-order valence-corrected chi connectivity index (χ4v) is 5.38. The van der Waals surface area contributed by atoms with Crippen LogP contribution in [0.4, 0.5) is 35.2 Å². The summed E-state index contributed by atoms with van der Waals surface area (Å²) < 4.78 is 57.5. The Morgan fingerprint density at radius 2 is 2.02 bits per heavy atom. The van der Waals surface area contributed by atoms with E-state index in [4.69, 9.17) is 14.2 Å². The van der Waals surface area contributed by atoms with Crippen molar-refractivity contribution >= 4 is 23.2 Å². The van der Waals surface area contributed by atoms with Crippen LogP contribution in [0.2, 0.25) is 0 Å². The van der Waals surface area contributed by atoms with Crippen molar-refractivity contribution in [1.82, 2.24) is 15.0 Å². The number of anilines is 3. The molecule has 5 heterocycles. The highest BCUT2D eigenvalue weighted by Gasteiger charge is 2.43. The molecule has 1 aromatic carbocycles. The number of amides is 2. The number of ether oxygens (including phenoxy) is 3.